The van der Waals surface area contributed by atoms with Crippen molar-refractivity contribution in [2.75, 3.05) is 11.9 Å². The van der Waals surface area contributed by atoms with Crippen LogP contribution in [-0.2, 0) is 16.0 Å². The number of carboxylic acids is 1. The first-order valence-corrected chi connectivity index (χ1v) is 7.85. The van der Waals surface area contributed by atoms with Gasteiger partial charge in [0.25, 0.3) is 5.91 Å². The molecule has 1 aromatic heterocycles. The van der Waals surface area contributed by atoms with Crippen LogP contribution in [0, 0.1) is 20.8 Å². The monoisotopic (exact) mass is 334 g/mol. The highest BCUT2D eigenvalue weighted by molar-refractivity contribution is 7.16. The smallest absolute Gasteiger partial charge is 0.308 e. The van der Waals surface area contributed by atoms with Gasteiger partial charge in [0.05, 0.1) is 12.1 Å². The van der Waals surface area contributed by atoms with Gasteiger partial charge in [0.2, 0.25) is 0 Å². The number of hydrogen-bond donors (Lipinski definition) is 2. The van der Waals surface area contributed by atoms with Gasteiger partial charge >= 0.3 is 5.97 Å². The van der Waals surface area contributed by atoms with Gasteiger partial charge in [-0.25, -0.2) is 4.98 Å². The molecule has 0 fully saturated rings. The van der Waals surface area contributed by atoms with Crippen molar-refractivity contribution >= 4 is 28.3 Å². The zero-order valence-corrected chi connectivity index (χ0v) is 14.0. The van der Waals surface area contributed by atoms with Crippen molar-refractivity contribution in [3.8, 4) is 5.75 Å². The first kappa shape index (κ1) is 17.0. The lowest BCUT2D eigenvalue weighted by Crippen LogP contribution is -2.20. The molecule has 1 heterocycles. The molecule has 0 bridgehead atoms. The lowest BCUT2D eigenvalue weighted by atomic mass is 10.1. The van der Waals surface area contributed by atoms with Crippen molar-refractivity contribution in [2.45, 2.75) is 27.2 Å². The standard InChI is InChI=1S/C16H18N2O4S/c1-9-5-4-6-10(2)15(9)22-8-13(19)18-16-17-11(3)12(23-16)7-14(20)21/h4-6H,7-8H2,1-3H3,(H,20,21)(H,17,18,19). The summed E-state index contributed by atoms with van der Waals surface area (Å²) in [7, 11) is 0. The number of rotatable bonds is 6. The Morgan fingerprint density at radius 3 is 2.52 bits per heavy atom. The van der Waals surface area contributed by atoms with Crippen LogP contribution in [0.5, 0.6) is 5.75 Å². The number of carbonyl (C=O) groups is 2. The summed E-state index contributed by atoms with van der Waals surface area (Å²) in [4.78, 5) is 27.5. The van der Waals surface area contributed by atoms with Crippen molar-refractivity contribution in [3.05, 3.63) is 39.9 Å². The predicted molar refractivity (Wildman–Crippen MR) is 88.2 cm³/mol. The Bertz CT molecular complexity index is 719. The molecular weight excluding hydrogens is 316 g/mol. The molecule has 2 N–H and O–H groups in total. The van der Waals surface area contributed by atoms with Crippen LogP contribution in [-0.4, -0.2) is 28.6 Å². The lowest BCUT2D eigenvalue weighted by molar-refractivity contribution is -0.136. The van der Waals surface area contributed by atoms with Crippen molar-refractivity contribution in [1.29, 1.82) is 0 Å². The molecule has 23 heavy (non-hydrogen) atoms. The third-order valence-corrected chi connectivity index (χ3v) is 4.28. The van der Waals surface area contributed by atoms with Crippen LogP contribution < -0.4 is 10.1 Å². The number of thiazole rings is 1. The number of carbonyl (C=O) groups excluding carboxylic acids is 1. The second-order valence-electron chi connectivity index (χ2n) is 5.16. The van der Waals surface area contributed by atoms with Crippen molar-refractivity contribution in [2.24, 2.45) is 0 Å². The third kappa shape index (κ3) is 4.53. The maximum Gasteiger partial charge on any atom is 0.308 e. The van der Waals surface area contributed by atoms with Crippen LogP contribution in [0.25, 0.3) is 0 Å². The number of nitrogens with one attached hydrogen (secondary N) is 1. The minimum atomic E-state index is -0.923. The van der Waals surface area contributed by atoms with E-state index in [9.17, 15) is 9.59 Å². The van der Waals surface area contributed by atoms with Gasteiger partial charge < -0.3 is 9.84 Å². The molecule has 0 saturated carbocycles. The van der Waals surface area contributed by atoms with E-state index < -0.39 is 5.97 Å². The van der Waals surface area contributed by atoms with Gasteiger partial charge in [0.15, 0.2) is 11.7 Å². The Morgan fingerprint density at radius 2 is 1.91 bits per heavy atom. The summed E-state index contributed by atoms with van der Waals surface area (Å²) in [6, 6.07) is 5.77. The van der Waals surface area contributed by atoms with Gasteiger partial charge in [-0.2, -0.15) is 0 Å². The van der Waals surface area contributed by atoms with Crippen molar-refractivity contribution in [1.82, 2.24) is 4.98 Å². The first-order chi connectivity index (χ1) is 10.9. The summed E-state index contributed by atoms with van der Waals surface area (Å²) < 4.78 is 5.57. The normalized spacial score (nSPS) is 10.4. The fraction of sp³-hybridized carbons (Fsp3) is 0.312. The van der Waals surface area contributed by atoms with Crippen LogP contribution >= 0.6 is 11.3 Å². The maximum atomic E-state index is 12.0. The Morgan fingerprint density at radius 1 is 1.26 bits per heavy atom. The minimum absolute atomic E-state index is 0.0989. The number of ether oxygens (including phenoxy) is 1. The molecule has 0 aliphatic rings. The van der Waals surface area contributed by atoms with Gasteiger partial charge in [-0.05, 0) is 31.9 Å². The summed E-state index contributed by atoms with van der Waals surface area (Å²) in [5.74, 6) is -0.555. The molecule has 0 unspecified atom stereocenters. The van der Waals surface area contributed by atoms with Gasteiger partial charge in [-0.1, -0.05) is 18.2 Å². The summed E-state index contributed by atoms with van der Waals surface area (Å²) >= 11 is 1.16. The number of hydrogen-bond acceptors (Lipinski definition) is 5. The molecule has 0 atom stereocenters. The molecule has 7 heteroatoms. The van der Waals surface area contributed by atoms with Crippen LogP contribution in [0.2, 0.25) is 0 Å². The summed E-state index contributed by atoms with van der Waals surface area (Å²) in [6.07, 6.45) is -0.0989. The summed E-state index contributed by atoms with van der Waals surface area (Å²) in [5, 5.41) is 11.8. The van der Waals surface area contributed by atoms with Gasteiger partial charge in [-0.15, -0.1) is 11.3 Å². The number of aliphatic carboxylic acids is 1. The van der Waals surface area contributed by atoms with Crippen molar-refractivity contribution in [3.63, 3.8) is 0 Å². The fourth-order valence-electron chi connectivity index (χ4n) is 2.10. The topological polar surface area (TPSA) is 88.5 Å². The van der Waals surface area contributed by atoms with E-state index in [1.54, 1.807) is 6.92 Å². The van der Waals surface area contributed by atoms with Crippen LogP contribution in [0.15, 0.2) is 18.2 Å². The largest absolute Gasteiger partial charge is 0.483 e. The molecule has 2 rings (SSSR count). The number of para-hydroxylation sites is 1. The quantitative estimate of drug-likeness (QED) is 0.848. The summed E-state index contributed by atoms with van der Waals surface area (Å²) in [5.41, 5.74) is 2.54. The second-order valence-corrected chi connectivity index (χ2v) is 6.24. The molecule has 0 spiro atoms. The van der Waals surface area contributed by atoms with Crippen LogP contribution in [0.1, 0.15) is 21.7 Å². The summed E-state index contributed by atoms with van der Waals surface area (Å²) in [6.45, 7) is 5.43. The molecule has 2 aromatic rings. The highest BCUT2D eigenvalue weighted by atomic mass is 32.1. The highest BCUT2D eigenvalue weighted by Gasteiger charge is 2.13. The molecule has 122 valence electrons. The zero-order valence-electron chi connectivity index (χ0n) is 13.2. The second kappa shape index (κ2) is 7.23. The number of carboxylic acid groups (broad SMARTS) is 1. The number of nitrogens with zero attached hydrogens (tertiary/aromatic N) is 1. The Balaban J connectivity index is 1.96. The Hall–Kier alpha value is -2.41. The van der Waals surface area contributed by atoms with Gasteiger partial charge in [0.1, 0.15) is 5.75 Å². The van der Waals surface area contributed by atoms with Crippen LogP contribution in [0.3, 0.4) is 0 Å². The lowest BCUT2D eigenvalue weighted by Gasteiger charge is -2.11. The van der Waals surface area contributed by atoms with E-state index in [4.69, 9.17) is 9.84 Å². The molecule has 0 saturated heterocycles. The molecular formula is C16H18N2O4S. The Kier molecular flexibility index (Phi) is 5.33. The third-order valence-electron chi connectivity index (χ3n) is 3.21. The SMILES string of the molecule is Cc1cccc(C)c1OCC(=O)Nc1nc(C)c(CC(=O)O)s1. The minimum Gasteiger partial charge on any atom is -0.483 e. The van der Waals surface area contributed by atoms with E-state index in [2.05, 4.69) is 10.3 Å². The van der Waals surface area contributed by atoms with Crippen molar-refractivity contribution < 1.29 is 19.4 Å². The predicted octanol–water partition coefficient (Wildman–Crippen LogP) is 2.71. The van der Waals surface area contributed by atoms with Gasteiger partial charge in [-0.3, -0.25) is 14.9 Å². The number of amides is 1. The van der Waals surface area contributed by atoms with E-state index in [0.717, 1.165) is 22.5 Å². The number of aromatic nitrogens is 1. The molecule has 0 aliphatic carbocycles. The van der Waals surface area contributed by atoms with E-state index >= 15 is 0 Å². The van der Waals surface area contributed by atoms with E-state index in [1.165, 1.54) is 0 Å². The van der Waals surface area contributed by atoms with Gasteiger partial charge in [0, 0.05) is 4.88 Å². The molecule has 1 amide bonds. The molecule has 0 aliphatic heterocycles. The zero-order chi connectivity index (χ0) is 17.0. The highest BCUT2D eigenvalue weighted by Crippen LogP contribution is 2.24. The Labute approximate surface area is 138 Å². The molecule has 0 radical (unpaired) electrons. The van der Waals surface area contributed by atoms with E-state index in [0.29, 0.717) is 21.5 Å². The first-order valence-electron chi connectivity index (χ1n) is 7.03. The fourth-order valence-corrected chi connectivity index (χ4v) is 3.07. The van der Waals surface area contributed by atoms with Crippen LogP contribution in [0.4, 0.5) is 5.13 Å². The number of anilines is 1. The van der Waals surface area contributed by atoms with E-state index in [1.807, 2.05) is 32.0 Å². The molecule has 1 aromatic carbocycles. The number of aryl methyl sites for hydroxylation is 3. The maximum absolute atomic E-state index is 12.0. The average molecular weight is 334 g/mol. The number of benzene rings is 1. The van der Waals surface area contributed by atoms with E-state index in [-0.39, 0.29) is 18.9 Å². The average Bonchev–Trinajstić information content (AvgIpc) is 2.77. The molecule has 6 nitrogen and oxygen atoms in total.